The van der Waals surface area contributed by atoms with E-state index in [0.717, 1.165) is 43.8 Å². The summed E-state index contributed by atoms with van der Waals surface area (Å²) in [6.07, 6.45) is 9.28. The molecule has 0 spiro atoms. The van der Waals surface area contributed by atoms with Gasteiger partial charge in [-0.25, -0.2) is 0 Å². The van der Waals surface area contributed by atoms with Crippen molar-refractivity contribution in [3.63, 3.8) is 0 Å². The van der Waals surface area contributed by atoms with E-state index in [1.54, 1.807) is 18.2 Å². The molecule has 0 saturated carbocycles. The van der Waals surface area contributed by atoms with E-state index in [2.05, 4.69) is 60.3 Å². The molecule has 0 fully saturated rings. The number of unbranched alkanes of at least 4 members (excludes halogenated alkanes) is 1. The highest BCUT2D eigenvalue weighted by Gasteiger charge is 2.16. The zero-order valence-corrected chi connectivity index (χ0v) is 21.1. The van der Waals surface area contributed by atoms with Gasteiger partial charge in [-0.2, -0.15) is 8.42 Å². The molecule has 0 radical (unpaired) electrons. The number of β-amino-alcohol motifs (C(OH)–C–C–N with tert-alkyl or cyclic N) is 1. The van der Waals surface area contributed by atoms with E-state index < -0.39 is 16.2 Å². The molecule has 8 heteroatoms. The van der Waals surface area contributed by atoms with E-state index in [1.807, 2.05) is 12.3 Å². The van der Waals surface area contributed by atoms with Gasteiger partial charge in [0.15, 0.2) is 0 Å². The molecular weight excluding hydrogens is 464 g/mol. The lowest BCUT2D eigenvalue weighted by atomic mass is 10.1. The Hall–Kier alpha value is -2.91. The van der Waals surface area contributed by atoms with Gasteiger partial charge in [0.1, 0.15) is 0 Å². The highest BCUT2D eigenvalue weighted by atomic mass is 32.2. The largest absolute Gasteiger partial charge is 0.389 e. The van der Waals surface area contributed by atoms with Gasteiger partial charge in [-0.15, -0.1) is 0 Å². The number of hydrogen-bond acceptors (Lipinski definition) is 6. The van der Waals surface area contributed by atoms with Crippen LogP contribution in [0.1, 0.15) is 36.5 Å². The van der Waals surface area contributed by atoms with Gasteiger partial charge in [0.05, 0.1) is 24.3 Å². The molecule has 2 aromatic rings. The van der Waals surface area contributed by atoms with Crippen molar-refractivity contribution < 1.29 is 22.8 Å². The monoisotopic (exact) mass is 500 g/mol. The lowest BCUT2D eigenvalue weighted by Crippen LogP contribution is -2.34. The summed E-state index contributed by atoms with van der Waals surface area (Å²) < 4.78 is 35.2. The second-order valence-corrected chi connectivity index (χ2v) is 9.66. The Morgan fingerprint density at radius 3 is 2.11 bits per heavy atom. The topological polar surface area (TPSA) is 90.3 Å². The summed E-state index contributed by atoms with van der Waals surface area (Å²) >= 11 is 0. The third kappa shape index (κ3) is 10.5. The van der Waals surface area contributed by atoms with Gasteiger partial charge in [0, 0.05) is 32.1 Å². The molecule has 0 amide bonds. The number of rotatable bonds is 12. The van der Waals surface area contributed by atoms with E-state index in [0.29, 0.717) is 13.2 Å². The van der Waals surface area contributed by atoms with Crippen molar-refractivity contribution >= 4 is 22.3 Å². The predicted molar refractivity (Wildman–Crippen MR) is 141 cm³/mol. The molecule has 2 aromatic carbocycles. The first-order valence-corrected chi connectivity index (χ1v) is 13.0. The number of aliphatic hydroxyl groups is 1. The average Bonchev–Trinajstić information content (AvgIpc) is 3.28. The zero-order chi connectivity index (χ0) is 25.7. The summed E-state index contributed by atoms with van der Waals surface area (Å²) in [6, 6.07) is 14.2. The summed E-state index contributed by atoms with van der Waals surface area (Å²) in [5, 5.41) is 10.0. The standard InChI is InChI=1S/C19H28N2O2.C8H8O3S/c1-3-5-12-23-15-19(22)14-21-11-10-20(16-21)13-18-8-6-17(4-2)7-9-18;1-2-7-3-5-8(6-4-7)12(9,10)11/h4,6-11,19,22H,2-3,5,12-16H2,1H3;2-6H,1H2,(H,9,10,11). The second-order valence-electron chi connectivity index (χ2n) is 8.23. The van der Waals surface area contributed by atoms with Crippen molar-refractivity contribution in [3.05, 3.63) is 90.8 Å². The molecule has 0 saturated heterocycles. The van der Waals surface area contributed by atoms with Crippen molar-refractivity contribution in [2.75, 3.05) is 26.4 Å². The first-order valence-electron chi connectivity index (χ1n) is 11.6. The highest BCUT2D eigenvalue weighted by Crippen LogP contribution is 2.14. The highest BCUT2D eigenvalue weighted by molar-refractivity contribution is 7.85. The minimum Gasteiger partial charge on any atom is -0.389 e. The summed E-state index contributed by atoms with van der Waals surface area (Å²) in [7, 11) is -4.06. The molecule has 1 aliphatic rings. The minimum atomic E-state index is -4.06. The van der Waals surface area contributed by atoms with E-state index in [-0.39, 0.29) is 4.90 Å². The minimum absolute atomic E-state index is 0.104. The van der Waals surface area contributed by atoms with Crippen LogP contribution in [-0.4, -0.2) is 60.4 Å². The van der Waals surface area contributed by atoms with Crippen molar-refractivity contribution in [3.8, 4) is 0 Å². The number of benzene rings is 2. The molecule has 1 atom stereocenters. The van der Waals surface area contributed by atoms with Crippen LogP contribution in [0, 0.1) is 0 Å². The van der Waals surface area contributed by atoms with E-state index in [4.69, 9.17) is 9.29 Å². The Labute approximate surface area is 209 Å². The first-order chi connectivity index (χ1) is 16.7. The summed E-state index contributed by atoms with van der Waals surface area (Å²) in [6.45, 7) is 12.8. The van der Waals surface area contributed by atoms with E-state index in [9.17, 15) is 13.5 Å². The van der Waals surface area contributed by atoms with Crippen LogP contribution in [0.3, 0.4) is 0 Å². The zero-order valence-electron chi connectivity index (χ0n) is 20.3. The van der Waals surface area contributed by atoms with Gasteiger partial charge < -0.3 is 19.6 Å². The van der Waals surface area contributed by atoms with Gasteiger partial charge in [0.25, 0.3) is 10.1 Å². The quantitative estimate of drug-likeness (QED) is 0.324. The lowest BCUT2D eigenvalue weighted by Gasteiger charge is -2.23. The molecular formula is C27H36N2O5S. The smallest absolute Gasteiger partial charge is 0.294 e. The molecule has 0 aromatic heterocycles. The van der Waals surface area contributed by atoms with E-state index in [1.165, 1.54) is 17.7 Å². The number of aliphatic hydroxyl groups excluding tert-OH is 1. The molecule has 35 heavy (non-hydrogen) atoms. The molecule has 1 unspecified atom stereocenters. The molecule has 7 nitrogen and oxygen atoms in total. The fourth-order valence-electron chi connectivity index (χ4n) is 3.30. The Bertz CT molecular complexity index is 1050. The fraction of sp³-hybridized carbons (Fsp3) is 0.333. The molecule has 0 bridgehead atoms. The van der Waals surface area contributed by atoms with Crippen molar-refractivity contribution in [2.45, 2.75) is 37.3 Å². The maximum atomic E-state index is 10.6. The van der Waals surface area contributed by atoms with Crippen LogP contribution < -0.4 is 0 Å². The third-order valence-electron chi connectivity index (χ3n) is 5.26. The normalized spacial score (nSPS) is 13.8. The van der Waals surface area contributed by atoms with Crippen LogP contribution in [-0.2, 0) is 21.4 Å². The Morgan fingerprint density at radius 1 is 1.00 bits per heavy atom. The molecule has 2 N–H and O–H groups in total. The van der Waals surface area contributed by atoms with Crippen molar-refractivity contribution in [1.82, 2.24) is 9.80 Å². The first kappa shape index (κ1) is 28.3. The van der Waals surface area contributed by atoms with Gasteiger partial charge in [-0.05, 0) is 35.2 Å². The van der Waals surface area contributed by atoms with Crippen molar-refractivity contribution in [2.24, 2.45) is 0 Å². The van der Waals surface area contributed by atoms with Crippen LogP contribution in [0.5, 0.6) is 0 Å². The molecule has 3 rings (SSSR count). The summed E-state index contributed by atoms with van der Waals surface area (Å²) in [5.74, 6) is 0. The SMILES string of the molecule is C=Cc1ccc(CN2C=CN(CC(O)COCCCC)C2)cc1.C=Cc1ccc(S(=O)(=O)O)cc1. The van der Waals surface area contributed by atoms with Crippen LogP contribution in [0.15, 0.2) is 79.0 Å². The van der Waals surface area contributed by atoms with Crippen molar-refractivity contribution in [1.29, 1.82) is 0 Å². The number of ether oxygens (including phenoxy) is 1. The number of nitrogens with zero attached hydrogens (tertiary/aromatic N) is 2. The molecule has 1 heterocycles. The maximum absolute atomic E-state index is 10.6. The van der Waals surface area contributed by atoms with Crippen LogP contribution in [0.2, 0.25) is 0 Å². The Kier molecular flexibility index (Phi) is 11.7. The molecule has 0 aliphatic carbocycles. The second kappa shape index (κ2) is 14.5. The molecule has 190 valence electrons. The van der Waals surface area contributed by atoms with Crippen LogP contribution in [0.4, 0.5) is 0 Å². The van der Waals surface area contributed by atoms with Gasteiger partial charge in [-0.3, -0.25) is 4.55 Å². The average molecular weight is 501 g/mol. The van der Waals surface area contributed by atoms with Gasteiger partial charge >= 0.3 is 0 Å². The Morgan fingerprint density at radius 2 is 1.57 bits per heavy atom. The predicted octanol–water partition coefficient (Wildman–Crippen LogP) is 4.63. The summed E-state index contributed by atoms with van der Waals surface area (Å²) in [5.41, 5.74) is 3.21. The number of hydrogen-bond donors (Lipinski definition) is 2. The van der Waals surface area contributed by atoms with E-state index >= 15 is 0 Å². The lowest BCUT2D eigenvalue weighted by molar-refractivity contribution is 0.0204. The molecule has 1 aliphatic heterocycles. The Balaban J connectivity index is 0.000000303. The van der Waals surface area contributed by atoms with Crippen LogP contribution in [0.25, 0.3) is 12.2 Å². The van der Waals surface area contributed by atoms with Crippen LogP contribution >= 0.6 is 0 Å². The van der Waals surface area contributed by atoms with Gasteiger partial charge in [-0.1, -0.05) is 75.1 Å². The summed E-state index contributed by atoms with van der Waals surface area (Å²) in [4.78, 5) is 4.24. The fourth-order valence-corrected chi connectivity index (χ4v) is 3.78. The van der Waals surface area contributed by atoms with Gasteiger partial charge in [0.2, 0.25) is 0 Å². The maximum Gasteiger partial charge on any atom is 0.294 e. The third-order valence-corrected chi connectivity index (χ3v) is 6.13.